The maximum Gasteiger partial charge on any atom is 0.313 e. The van der Waals surface area contributed by atoms with Gasteiger partial charge in [-0.1, -0.05) is 25.1 Å². The summed E-state index contributed by atoms with van der Waals surface area (Å²) in [6.07, 6.45) is 5.44. The van der Waals surface area contributed by atoms with Crippen LogP contribution in [0.1, 0.15) is 26.2 Å². The molecule has 1 aliphatic carbocycles. The van der Waals surface area contributed by atoms with Crippen molar-refractivity contribution in [1.82, 2.24) is 14.8 Å². The molecule has 16 heavy (non-hydrogen) atoms. The number of carboxylic acids is 1. The highest BCUT2D eigenvalue weighted by Gasteiger charge is 2.32. The molecule has 0 spiro atoms. The summed E-state index contributed by atoms with van der Waals surface area (Å²) in [6.45, 7) is 3.14. The highest BCUT2D eigenvalue weighted by Crippen LogP contribution is 2.42. The van der Waals surface area contributed by atoms with Crippen LogP contribution < -0.4 is 0 Å². The molecule has 5 nitrogen and oxygen atoms in total. The molecule has 2 rings (SSSR count). The average Bonchev–Trinajstić information content (AvgIpc) is 2.60. The third-order valence-electron chi connectivity index (χ3n) is 3.02. The van der Waals surface area contributed by atoms with Gasteiger partial charge in [0.2, 0.25) is 0 Å². The number of hydrogen-bond donors (Lipinski definition) is 1. The normalized spacial score (nSPS) is 18.1. The van der Waals surface area contributed by atoms with Gasteiger partial charge in [-0.05, 0) is 18.3 Å². The van der Waals surface area contributed by atoms with Crippen LogP contribution in [0.15, 0.2) is 11.5 Å². The van der Waals surface area contributed by atoms with Crippen LogP contribution in [0.25, 0.3) is 0 Å². The molecule has 0 unspecified atom stereocenters. The van der Waals surface area contributed by atoms with Gasteiger partial charge in [0.05, 0.1) is 5.75 Å². The zero-order valence-electron chi connectivity index (χ0n) is 9.22. The molecule has 1 heterocycles. The average molecular weight is 241 g/mol. The number of aliphatic carboxylic acids is 1. The van der Waals surface area contributed by atoms with Gasteiger partial charge in [-0.25, -0.2) is 0 Å². The zero-order chi connectivity index (χ0) is 11.6. The lowest BCUT2D eigenvalue weighted by Crippen LogP contribution is -2.30. The molecule has 1 aromatic rings. The molecule has 1 aliphatic rings. The van der Waals surface area contributed by atoms with E-state index in [4.69, 9.17) is 5.11 Å². The first kappa shape index (κ1) is 11.4. The van der Waals surface area contributed by atoms with Gasteiger partial charge in [-0.15, -0.1) is 10.2 Å². The van der Waals surface area contributed by atoms with Crippen molar-refractivity contribution in [3.05, 3.63) is 6.33 Å². The molecule has 0 aliphatic heterocycles. The van der Waals surface area contributed by atoms with Crippen LogP contribution in [-0.4, -0.2) is 31.6 Å². The molecule has 1 saturated carbocycles. The number of carbonyl (C=O) groups is 1. The van der Waals surface area contributed by atoms with Gasteiger partial charge in [-0.3, -0.25) is 4.79 Å². The van der Waals surface area contributed by atoms with E-state index in [1.54, 1.807) is 6.33 Å². The summed E-state index contributed by atoms with van der Waals surface area (Å²) < 4.78 is 1.97. The Morgan fingerprint density at radius 2 is 2.44 bits per heavy atom. The van der Waals surface area contributed by atoms with Crippen LogP contribution in [0.3, 0.4) is 0 Å². The highest BCUT2D eigenvalue weighted by molar-refractivity contribution is 7.99. The van der Waals surface area contributed by atoms with Crippen molar-refractivity contribution >= 4 is 17.7 Å². The SMILES string of the molecule is CC1(Cn2cnnc2SCC(=O)O)CCC1. The van der Waals surface area contributed by atoms with E-state index in [1.807, 2.05) is 4.57 Å². The van der Waals surface area contributed by atoms with Crippen molar-refractivity contribution in [1.29, 1.82) is 0 Å². The van der Waals surface area contributed by atoms with Gasteiger partial charge < -0.3 is 9.67 Å². The van der Waals surface area contributed by atoms with Crippen LogP contribution in [0, 0.1) is 5.41 Å². The number of rotatable bonds is 5. The van der Waals surface area contributed by atoms with Crippen molar-refractivity contribution in [3.8, 4) is 0 Å². The molecular formula is C10H15N3O2S. The molecule has 0 aromatic carbocycles. The Hall–Kier alpha value is -1.04. The lowest BCUT2D eigenvalue weighted by molar-refractivity contribution is -0.133. The number of aromatic nitrogens is 3. The summed E-state index contributed by atoms with van der Waals surface area (Å²) in [7, 11) is 0. The summed E-state index contributed by atoms with van der Waals surface area (Å²) in [5.41, 5.74) is 0.348. The minimum Gasteiger partial charge on any atom is -0.481 e. The Morgan fingerprint density at radius 1 is 1.69 bits per heavy atom. The first-order chi connectivity index (χ1) is 7.59. The summed E-state index contributed by atoms with van der Waals surface area (Å²) in [6, 6.07) is 0. The van der Waals surface area contributed by atoms with Crippen molar-refractivity contribution in [3.63, 3.8) is 0 Å². The van der Waals surface area contributed by atoms with E-state index in [9.17, 15) is 4.79 Å². The van der Waals surface area contributed by atoms with Gasteiger partial charge >= 0.3 is 5.97 Å². The van der Waals surface area contributed by atoms with Crippen LogP contribution >= 0.6 is 11.8 Å². The minimum atomic E-state index is -0.825. The van der Waals surface area contributed by atoms with Crippen LogP contribution in [0.4, 0.5) is 0 Å². The van der Waals surface area contributed by atoms with Gasteiger partial charge in [0.25, 0.3) is 0 Å². The second-order valence-electron chi connectivity index (χ2n) is 4.59. The third kappa shape index (κ3) is 2.55. The Balaban J connectivity index is 1.98. The fourth-order valence-corrected chi connectivity index (χ4v) is 2.58. The molecule has 1 fully saturated rings. The maximum atomic E-state index is 10.5. The minimum absolute atomic E-state index is 0.0371. The fraction of sp³-hybridized carbons (Fsp3) is 0.700. The first-order valence-electron chi connectivity index (χ1n) is 5.31. The van der Waals surface area contributed by atoms with Gasteiger partial charge in [0, 0.05) is 6.54 Å². The standard InChI is InChI=1S/C10H15N3O2S/c1-10(3-2-4-10)6-13-7-11-12-9(13)16-5-8(14)15/h7H,2-6H2,1H3,(H,14,15). The topological polar surface area (TPSA) is 68.0 Å². The van der Waals surface area contributed by atoms with Crippen LogP contribution in [0.5, 0.6) is 0 Å². The smallest absolute Gasteiger partial charge is 0.313 e. The molecule has 6 heteroatoms. The first-order valence-corrected chi connectivity index (χ1v) is 6.30. The molecule has 1 aromatic heterocycles. The molecule has 88 valence electrons. The Kier molecular flexibility index (Phi) is 3.18. The highest BCUT2D eigenvalue weighted by atomic mass is 32.2. The zero-order valence-corrected chi connectivity index (χ0v) is 10.0. The summed E-state index contributed by atoms with van der Waals surface area (Å²) >= 11 is 1.23. The summed E-state index contributed by atoms with van der Waals surface area (Å²) in [5, 5.41) is 17.1. The number of carboxylic acid groups (broad SMARTS) is 1. The largest absolute Gasteiger partial charge is 0.481 e. The Bertz CT molecular complexity index is 387. The van der Waals surface area contributed by atoms with E-state index < -0.39 is 5.97 Å². The third-order valence-corrected chi connectivity index (χ3v) is 3.98. The van der Waals surface area contributed by atoms with Crippen molar-refractivity contribution in [2.75, 3.05) is 5.75 Å². The monoisotopic (exact) mass is 241 g/mol. The summed E-state index contributed by atoms with van der Waals surface area (Å²) in [5.74, 6) is -0.788. The predicted molar refractivity (Wildman–Crippen MR) is 60.3 cm³/mol. The fourth-order valence-electron chi connectivity index (χ4n) is 1.94. The van der Waals surface area contributed by atoms with Gasteiger partial charge in [-0.2, -0.15) is 0 Å². The van der Waals surface area contributed by atoms with Crippen molar-refractivity contribution in [2.24, 2.45) is 5.41 Å². The molecule has 0 radical (unpaired) electrons. The van der Waals surface area contributed by atoms with Crippen molar-refractivity contribution in [2.45, 2.75) is 37.9 Å². The van der Waals surface area contributed by atoms with E-state index >= 15 is 0 Å². The van der Waals surface area contributed by atoms with Crippen LogP contribution in [-0.2, 0) is 11.3 Å². The molecular weight excluding hydrogens is 226 g/mol. The lowest BCUT2D eigenvalue weighted by atomic mass is 9.70. The second-order valence-corrected chi connectivity index (χ2v) is 5.53. The second kappa shape index (κ2) is 4.45. The summed E-state index contributed by atoms with van der Waals surface area (Å²) in [4.78, 5) is 10.5. The maximum absolute atomic E-state index is 10.5. The van der Waals surface area contributed by atoms with Gasteiger partial charge in [0.15, 0.2) is 5.16 Å². The van der Waals surface area contributed by atoms with E-state index in [2.05, 4.69) is 17.1 Å². The molecule has 0 bridgehead atoms. The molecule has 0 amide bonds. The van der Waals surface area contributed by atoms with Crippen molar-refractivity contribution < 1.29 is 9.90 Å². The van der Waals surface area contributed by atoms with E-state index in [1.165, 1.54) is 31.0 Å². The Morgan fingerprint density at radius 3 is 3.00 bits per heavy atom. The quantitative estimate of drug-likeness (QED) is 0.794. The number of hydrogen-bond acceptors (Lipinski definition) is 4. The van der Waals surface area contributed by atoms with Crippen LogP contribution in [0.2, 0.25) is 0 Å². The lowest BCUT2D eigenvalue weighted by Gasteiger charge is -2.38. The van der Waals surface area contributed by atoms with Gasteiger partial charge in [0.1, 0.15) is 6.33 Å². The predicted octanol–water partition coefficient (Wildman–Crippen LogP) is 1.65. The number of thioether (sulfide) groups is 1. The Labute approximate surface area is 98.3 Å². The van der Waals surface area contributed by atoms with E-state index in [0.717, 1.165) is 6.54 Å². The molecule has 1 N–H and O–H groups in total. The number of nitrogens with zero attached hydrogens (tertiary/aromatic N) is 3. The van der Waals surface area contributed by atoms with E-state index in [0.29, 0.717) is 10.6 Å². The van der Waals surface area contributed by atoms with E-state index in [-0.39, 0.29) is 5.75 Å². The molecule has 0 atom stereocenters. The molecule has 0 saturated heterocycles.